The number of ether oxygens (including phenoxy) is 2. The summed E-state index contributed by atoms with van der Waals surface area (Å²) in [6, 6.07) is 9.31. The highest BCUT2D eigenvalue weighted by atomic mass is 16.6. The summed E-state index contributed by atoms with van der Waals surface area (Å²) in [6.07, 6.45) is 2.75. The molecule has 0 radical (unpaired) electrons. The molecule has 1 aliphatic heterocycles. The number of pyridine rings is 1. The predicted molar refractivity (Wildman–Crippen MR) is 75.1 cm³/mol. The highest BCUT2D eigenvalue weighted by molar-refractivity contribution is 5.55. The van der Waals surface area contributed by atoms with Gasteiger partial charge in [0.2, 0.25) is 0 Å². The number of aromatic nitrogens is 1. The third-order valence-corrected chi connectivity index (χ3v) is 3.11. The van der Waals surface area contributed by atoms with Gasteiger partial charge in [-0.15, -0.1) is 0 Å². The van der Waals surface area contributed by atoms with Gasteiger partial charge in [-0.25, -0.2) is 0 Å². The van der Waals surface area contributed by atoms with E-state index in [1.54, 1.807) is 12.4 Å². The van der Waals surface area contributed by atoms with Crippen molar-refractivity contribution in [2.24, 2.45) is 0 Å². The number of nitrogens with one attached hydrogen (secondary N) is 1. The first kappa shape index (κ1) is 12.7. The maximum absolute atomic E-state index is 10.1. The van der Waals surface area contributed by atoms with Crippen LogP contribution in [-0.2, 0) is 0 Å². The Labute approximate surface area is 117 Å². The Morgan fingerprint density at radius 1 is 1.20 bits per heavy atom. The molecular formula is C15H16N2O3. The molecule has 0 saturated heterocycles. The summed E-state index contributed by atoms with van der Waals surface area (Å²) in [6.45, 7) is 1.56. The van der Waals surface area contributed by atoms with E-state index in [1.807, 2.05) is 30.3 Å². The summed E-state index contributed by atoms with van der Waals surface area (Å²) in [5.74, 6) is 1.49. The Morgan fingerprint density at radius 2 is 2.05 bits per heavy atom. The smallest absolute Gasteiger partial charge is 0.163 e. The van der Waals surface area contributed by atoms with Crippen LogP contribution in [0.15, 0.2) is 42.7 Å². The van der Waals surface area contributed by atoms with E-state index >= 15 is 0 Å². The molecule has 2 aromatic rings. The van der Waals surface area contributed by atoms with Crippen molar-refractivity contribution in [1.82, 2.24) is 4.98 Å². The van der Waals surface area contributed by atoms with Crippen LogP contribution in [0.5, 0.6) is 11.5 Å². The normalized spacial score (nSPS) is 14.7. The second-order valence-electron chi connectivity index (χ2n) is 4.54. The lowest BCUT2D eigenvalue weighted by molar-refractivity contribution is 0.171. The number of aliphatic hydroxyl groups is 1. The summed E-state index contributed by atoms with van der Waals surface area (Å²) < 4.78 is 11.0. The van der Waals surface area contributed by atoms with Crippen molar-refractivity contribution in [3.8, 4) is 11.5 Å². The fraction of sp³-hybridized carbons (Fsp3) is 0.267. The van der Waals surface area contributed by atoms with E-state index in [2.05, 4.69) is 10.3 Å². The molecular weight excluding hydrogens is 256 g/mol. The zero-order valence-corrected chi connectivity index (χ0v) is 11.0. The van der Waals surface area contributed by atoms with Gasteiger partial charge in [0.05, 0.1) is 6.10 Å². The summed E-state index contributed by atoms with van der Waals surface area (Å²) in [7, 11) is 0. The minimum atomic E-state index is -0.600. The second kappa shape index (κ2) is 5.79. The molecule has 20 heavy (non-hydrogen) atoms. The average molecular weight is 272 g/mol. The Hall–Kier alpha value is -2.27. The minimum Gasteiger partial charge on any atom is -0.486 e. The fourth-order valence-electron chi connectivity index (χ4n) is 2.06. The lowest BCUT2D eigenvalue weighted by Crippen LogP contribution is -2.16. The largest absolute Gasteiger partial charge is 0.486 e. The molecule has 1 unspecified atom stereocenters. The maximum Gasteiger partial charge on any atom is 0.163 e. The molecule has 1 aromatic heterocycles. The summed E-state index contributed by atoms with van der Waals surface area (Å²) in [5.41, 5.74) is 1.68. The van der Waals surface area contributed by atoms with Crippen LogP contribution >= 0.6 is 0 Å². The Balaban J connectivity index is 1.64. The van der Waals surface area contributed by atoms with E-state index in [9.17, 15) is 5.11 Å². The molecule has 0 aliphatic carbocycles. The summed E-state index contributed by atoms with van der Waals surface area (Å²) >= 11 is 0. The van der Waals surface area contributed by atoms with Gasteiger partial charge < -0.3 is 19.9 Å². The zero-order valence-electron chi connectivity index (χ0n) is 11.0. The number of anilines is 1. The zero-order chi connectivity index (χ0) is 13.8. The molecule has 3 rings (SSSR count). The third kappa shape index (κ3) is 2.83. The minimum absolute atomic E-state index is 0.408. The van der Waals surface area contributed by atoms with Crippen molar-refractivity contribution in [3.63, 3.8) is 0 Å². The van der Waals surface area contributed by atoms with Crippen LogP contribution in [0, 0.1) is 0 Å². The van der Waals surface area contributed by atoms with Gasteiger partial charge in [0.15, 0.2) is 11.5 Å². The van der Waals surface area contributed by atoms with Crippen molar-refractivity contribution in [2.75, 3.05) is 25.1 Å². The van der Waals surface area contributed by atoms with E-state index in [0.29, 0.717) is 19.8 Å². The molecule has 0 fully saturated rings. The Kier molecular flexibility index (Phi) is 3.69. The topological polar surface area (TPSA) is 63.6 Å². The van der Waals surface area contributed by atoms with E-state index in [0.717, 1.165) is 22.7 Å². The molecule has 104 valence electrons. The molecule has 2 N–H and O–H groups in total. The lowest BCUT2D eigenvalue weighted by Gasteiger charge is -2.19. The fourth-order valence-corrected chi connectivity index (χ4v) is 2.06. The van der Waals surface area contributed by atoms with E-state index in [-0.39, 0.29) is 0 Å². The molecule has 0 bridgehead atoms. The number of fused-ring (bicyclic) bond motifs is 1. The first-order chi connectivity index (χ1) is 9.83. The van der Waals surface area contributed by atoms with Crippen LogP contribution in [0.4, 0.5) is 5.69 Å². The van der Waals surface area contributed by atoms with Crippen LogP contribution in [0.3, 0.4) is 0 Å². The van der Waals surface area contributed by atoms with Crippen molar-refractivity contribution in [3.05, 3.63) is 48.3 Å². The predicted octanol–water partition coefficient (Wildman–Crippen LogP) is 2.00. The molecule has 5 heteroatoms. The number of aliphatic hydroxyl groups excluding tert-OH is 1. The third-order valence-electron chi connectivity index (χ3n) is 3.11. The van der Waals surface area contributed by atoms with Gasteiger partial charge in [-0.1, -0.05) is 6.07 Å². The van der Waals surface area contributed by atoms with Gasteiger partial charge in [0, 0.05) is 36.3 Å². The van der Waals surface area contributed by atoms with Gasteiger partial charge in [0.25, 0.3) is 0 Å². The number of hydrogen-bond acceptors (Lipinski definition) is 5. The Bertz CT molecular complexity index is 575. The maximum atomic E-state index is 10.1. The lowest BCUT2D eigenvalue weighted by atomic mass is 10.1. The van der Waals surface area contributed by atoms with Crippen molar-refractivity contribution in [2.45, 2.75) is 6.10 Å². The number of hydrogen-bond donors (Lipinski definition) is 2. The standard InChI is InChI=1S/C15H16N2O3/c18-13(11-2-1-5-16-9-11)10-17-12-3-4-14-15(8-12)20-7-6-19-14/h1-5,8-9,13,17-18H,6-7,10H2. The quantitative estimate of drug-likeness (QED) is 0.891. The number of rotatable bonds is 4. The number of benzene rings is 1. The highest BCUT2D eigenvalue weighted by Gasteiger charge is 2.12. The summed E-state index contributed by atoms with van der Waals surface area (Å²) in [4.78, 5) is 3.99. The Morgan fingerprint density at radius 3 is 2.85 bits per heavy atom. The van der Waals surface area contributed by atoms with Crippen LogP contribution in [-0.4, -0.2) is 29.8 Å². The molecule has 0 saturated carbocycles. The molecule has 1 atom stereocenters. The SMILES string of the molecule is OC(CNc1ccc2c(c1)OCCO2)c1cccnc1. The van der Waals surface area contributed by atoms with Gasteiger partial charge >= 0.3 is 0 Å². The molecule has 5 nitrogen and oxygen atoms in total. The second-order valence-corrected chi connectivity index (χ2v) is 4.54. The van der Waals surface area contributed by atoms with E-state index in [4.69, 9.17) is 9.47 Å². The first-order valence-electron chi connectivity index (χ1n) is 6.54. The van der Waals surface area contributed by atoms with Crippen LogP contribution in [0.2, 0.25) is 0 Å². The average Bonchev–Trinajstić information content (AvgIpc) is 2.53. The van der Waals surface area contributed by atoms with Crippen LogP contribution in [0.25, 0.3) is 0 Å². The van der Waals surface area contributed by atoms with E-state index in [1.165, 1.54) is 0 Å². The van der Waals surface area contributed by atoms with E-state index < -0.39 is 6.10 Å². The van der Waals surface area contributed by atoms with Crippen molar-refractivity contribution in [1.29, 1.82) is 0 Å². The van der Waals surface area contributed by atoms with Gasteiger partial charge in [0.1, 0.15) is 13.2 Å². The van der Waals surface area contributed by atoms with Crippen LogP contribution < -0.4 is 14.8 Å². The molecule has 0 spiro atoms. The monoisotopic (exact) mass is 272 g/mol. The molecule has 0 amide bonds. The number of nitrogens with zero attached hydrogens (tertiary/aromatic N) is 1. The molecule has 1 aliphatic rings. The van der Waals surface area contributed by atoms with Crippen LogP contribution in [0.1, 0.15) is 11.7 Å². The highest BCUT2D eigenvalue weighted by Crippen LogP contribution is 2.32. The molecule has 1 aromatic carbocycles. The molecule has 2 heterocycles. The van der Waals surface area contributed by atoms with Gasteiger partial charge in [-0.3, -0.25) is 4.98 Å². The van der Waals surface area contributed by atoms with Gasteiger partial charge in [-0.05, 0) is 18.2 Å². The first-order valence-corrected chi connectivity index (χ1v) is 6.54. The van der Waals surface area contributed by atoms with Crippen molar-refractivity contribution >= 4 is 5.69 Å². The van der Waals surface area contributed by atoms with Gasteiger partial charge in [-0.2, -0.15) is 0 Å². The summed E-state index contributed by atoms with van der Waals surface area (Å²) in [5, 5.41) is 13.2. The van der Waals surface area contributed by atoms with Crippen molar-refractivity contribution < 1.29 is 14.6 Å².